The lowest BCUT2D eigenvalue weighted by atomic mass is 10.0. The summed E-state index contributed by atoms with van der Waals surface area (Å²) in [4.78, 5) is 10.9. The Hall–Kier alpha value is -2.31. The minimum absolute atomic E-state index is 0.277. The zero-order chi connectivity index (χ0) is 17.2. The van der Waals surface area contributed by atoms with E-state index in [4.69, 9.17) is 0 Å². The Morgan fingerprint density at radius 2 is 2.08 bits per heavy atom. The molecule has 1 aromatic carbocycles. The minimum Gasteiger partial charge on any atom is -0.388 e. The van der Waals surface area contributed by atoms with Crippen LogP contribution in [0, 0.1) is 5.82 Å². The summed E-state index contributed by atoms with van der Waals surface area (Å²) in [7, 11) is 0. The van der Waals surface area contributed by atoms with Crippen molar-refractivity contribution in [3.05, 3.63) is 66.1 Å². The highest BCUT2D eigenvalue weighted by atomic mass is 19.1. The molecule has 0 spiro atoms. The molecule has 3 heterocycles. The van der Waals surface area contributed by atoms with E-state index in [1.807, 2.05) is 12.4 Å². The number of aromatic nitrogens is 3. The predicted molar refractivity (Wildman–Crippen MR) is 92.4 cm³/mol. The van der Waals surface area contributed by atoms with Crippen molar-refractivity contribution in [2.75, 3.05) is 6.54 Å². The first kappa shape index (κ1) is 16.2. The zero-order valence-electron chi connectivity index (χ0n) is 13.9. The molecule has 1 fully saturated rings. The zero-order valence-corrected chi connectivity index (χ0v) is 13.9. The van der Waals surface area contributed by atoms with Crippen LogP contribution in [-0.2, 0) is 6.54 Å². The largest absolute Gasteiger partial charge is 0.388 e. The standard InChI is InChI=1S/C19H21FN4O/c20-15-5-3-14(4-6-15)18(25)10-16-2-1-8-23(16)13-17-11-22-19-12-21-7-9-24(17)19/h3-7,9,11-12,16,18,25H,1-2,8,10,13H2/t16-,18+/m1/s1. The molecule has 4 rings (SSSR count). The van der Waals surface area contributed by atoms with E-state index < -0.39 is 6.10 Å². The highest BCUT2D eigenvalue weighted by molar-refractivity contribution is 5.36. The first-order valence-corrected chi connectivity index (χ1v) is 8.64. The number of aliphatic hydroxyl groups excluding tert-OH is 1. The summed E-state index contributed by atoms with van der Waals surface area (Å²) in [6, 6.07) is 6.44. The van der Waals surface area contributed by atoms with Gasteiger partial charge in [-0.2, -0.15) is 0 Å². The van der Waals surface area contributed by atoms with E-state index in [0.717, 1.165) is 42.8 Å². The molecular weight excluding hydrogens is 319 g/mol. The number of fused-ring (bicyclic) bond motifs is 1. The maximum absolute atomic E-state index is 13.1. The lowest BCUT2D eigenvalue weighted by Gasteiger charge is -2.26. The Morgan fingerprint density at radius 1 is 1.24 bits per heavy atom. The van der Waals surface area contributed by atoms with Gasteiger partial charge in [-0.25, -0.2) is 9.37 Å². The van der Waals surface area contributed by atoms with Gasteiger partial charge in [0.1, 0.15) is 5.82 Å². The summed E-state index contributed by atoms with van der Waals surface area (Å²) in [6.07, 6.45) is 9.61. The number of rotatable bonds is 5. The molecule has 25 heavy (non-hydrogen) atoms. The van der Waals surface area contributed by atoms with Crippen molar-refractivity contribution in [1.29, 1.82) is 0 Å². The van der Waals surface area contributed by atoms with Crippen molar-refractivity contribution in [2.45, 2.75) is 38.0 Å². The highest BCUT2D eigenvalue weighted by Crippen LogP contribution is 2.28. The highest BCUT2D eigenvalue weighted by Gasteiger charge is 2.27. The quantitative estimate of drug-likeness (QED) is 0.776. The molecule has 0 aliphatic carbocycles. The van der Waals surface area contributed by atoms with Gasteiger partial charge in [0.05, 0.1) is 24.2 Å². The first-order chi connectivity index (χ1) is 12.2. The van der Waals surface area contributed by atoms with Crippen LogP contribution in [0.5, 0.6) is 0 Å². The molecule has 5 nitrogen and oxygen atoms in total. The van der Waals surface area contributed by atoms with Crippen molar-refractivity contribution < 1.29 is 9.50 Å². The number of imidazole rings is 1. The van der Waals surface area contributed by atoms with Crippen molar-refractivity contribution in [2.24, 2.45) is 0 Å². The summed E-state index contributed by atoms with van der Waals surface area (Å²) in [5.74, 6) is -0.277. The first-order valence-electron chi connectivity index (χ1n) is 8.64. The van der Waals surface area contributed by atoms with Crippen LogP contribution < -0.4 is 0 Å². The number of benzene rings is 1. The second kappa shape index (κ2) is 6.90. The molecule has 0 unspecified atom stereocenters. The summed E-state index contributed by atoms with van der Waals surface area (Å²) < 4.78 is 15.1. The topological polar surface area (TPSA) is 53.7 Å². The summed E-state index contributed by atoms with van der Waals surface area (Å²) in [6.45, 7) is 1.81. The van der Waals surface area contributed by atoms with E-state index in [2.05, 4.69) is 19.3 Å². The maximum atomic E-state index is 13.1. The number of hydrogen-bond donors (Lipinski definition) is 1. The molecule has 2 atom stereocenters. The summed E-state index contributed by atoms with van der Waals surface area (Å²) in [5.41, 5.74) is 2.74. The van der Waals surface area contributed by atoms with Crippen LogP contribution in [0.2, 0.25) is 0 Å². The molecule has 6 heteroatoms. The molecule has 130 valence electrons. The average Bonchev–Trinajstić information content (AvgIpc) is 3.23. The second-order valence-electron chi connectivity index (χ2n) is 6.62. The van der Waals surface area contributed by atoms with Crippen molar-refractivity contribution in [3.8, 4) is 0 Å². The Morgan fingerprint density at radius 3 is 2.92 bits per heavy atom. The number of nitrogens with zero attached hydrogens (tertiary/aromatic N) is 4. The van der Waals surface area contributed by atoms with Gasteiger partial charge in [-0.3, -0.25) is 14.3 Å². The van der Waals surface area contributed by atoms with Crippen LogP contribution >= 0.6 is 0 Å². The third-order valence-corrected chi connectivity index (χ3v) is 5.01. The van der Waals surface area contributed by atoms with E-state index in [-0.39, 0.29) is 5.82 Å². The van der Waals surface area contributed by atoms with E-state index in [1.165, 1.54) is 12.1 Å². The number of halogens is 1. The fraction of sp³-hybridized carbons (Fsp3) is 0.368. The van der Waals surface area contributed by atoms with Gasteiger partial charge in [0.2, 0.25) is 0 Å². The van der Waals surface area contributed by atoms with Crippen LogP contribution in [0.4, 0.5) is 4.39 Å². The molecule has 1 saturated heterocycles. The van der Waals surface area contributed by atoms with Gasteiger partial charge in [-0.05, 0) is 43.5 Å². The molecule has 0 saturated carbocycles. The molecule has 0 bridgehead atoms. The molecule has 1 aliphatic rings. The number of hydrogen-bond acceptors (Lipinski definition) is 4. The molecule has 1 N–H and O–H groups in total. The van der Waals surface area contributed by atoms with Gasteiger partial charge in [0.15, 0.2) is 5.65 Å². The van der Waals surface area contributed by atoms with Gasteiger partial charge >= 0.3 is 0 Å². The lowest BCUT2D eigenvalue weighted by Crippen LogP contribution is -2.30. The smallest absolute Gasteiger partial charge is 0.155 e. The predicted octanol–water partition coefficient (Wildman–Crippen LogP) is 2.96. The number of aliphatic hydroxyl groups is 1. The Bertz CT molecular complexity index is 848. The van der Waals surface area contributed by atoms with Gasteiger partial charge in [0.25, 0.3) is 0 Å². The van der Waals surface area contributed by atoms with Crippen molar-refractivity contribution in [1.82, 2.24) is 19.3 Å². The monoisotopic (exact) mass is 340 g/mol. The van der Waals surface area contributed by atoms with Crippen LogP contribution in [-0.4, -0.2) is 37.0 Å². The van der Waals surface area contributed by atoms with E-state index in [1.54, 1.807) is 24.5 Å². The molecule has 3 aromatic rings. The minimum atomic E-state index is -0.572. The van der Waals surface area contributed by atoms with E-state index >= 15 is 0 Å². The lowest BCUT2D eigenvalue weighted by molar-refractivity contribution is 0.117. The third kappa shape index (κ3) is 3.41. The summed E-state index contributed by atoms with van der Waals surface area (Å²) in [5, 5.41) is 10.5. The molecule has 0 amide bonds. The summed E-state index contributed by atoms with van der Waals surface area (Å²) >= 11 is 0. The Balaban J connectivity index is 1.46. The van der Waals surface area contributed by atoms with Crippen molar-refractivity contribution in [3.63, 3.8) is 0 Å². The van der Waals surface area contributed by atoms with Crippen LogP contribution in [0.1, 0.15) is 36.6 Å². The fourth-order valence-electron chi connectivity index (χ4n) is 3.67. The van der Waals surface area contributed by atoms with E-state index in [9.17, 15) is 9.50 Å². The molecule has 0 radical (unpaired) electrons. The SMILES string of the molecule is O[C@@H](C[C@H]1CCCN1Cc1cnc2cnccn12)c1ccc(F)cc1. The normalized spacial score (nSPS) is 19.5. The van der Waals surface area contributed by atoms with Gasteiger partial charge < -0.3 is 5.11 Å². The van der Waals surface area contributed by atoms with Crippen LogP contribution in [0.15, 0.2) is 49.1 Å². The molecular formula is C19H21FN4O. The Kier molecular flexibility index (Phi) is 4.46. The molecule has 2 aromatic heterocycles. The fourth-order valence-corrected chi connectivity index (χ4v) is 3.67. The number of likely N-dealkylation sites (tertiary alicyclic amines) is 1. The molecule has 1 aliphatic heterocycles. The van der Waals surface area contributed by atoms with E-state index in [0.29, 0.717) is 12.5 Å². The average molecular weight is 340 g/mol. The van der Waals surface area contributed by atoms with Gasteiger partial charge in [-0.15, -0.1) is 0 Å². The maximum Gasteiger partial charge on any atom is 0.155 e. The van der Waals surface area contributed by atoms with Crippen LogP contribution in [0.25, 0.3) is 5.65 Å². The Labute approximate surface area is 145 Å². The van der Waals surface area contributed by atoms with Crippen molar-refractivity contribution >= 4 is 5.65 Å². The van der Waals surface area contributed by atoms with Gasteiger partial charge in [-0.1, -0.05) is 12.1 Å². The second-order valence-corrected chi connectivity index (χ2v) is 6.62. The van der Waals surface area contributed by atoms with Crippen LogP contribution in [0.3, 0.4) is 0 Å². The third-order valence-electron chi connectivity index (χ3n) is 5.01. The van der Waals surface area contributed by atoms with Gasteiger partial charge in [0, 0.05) is 25.0 Å².